The van der Waals surface area contributed by atoms with Gasteiger partial charge in [0.2, 0.25) is 0 Å². The van der Waals surface area contributed by atoms with E-state index in [9.17, 15) is 14.7 Å². The van der Waals surface area contributed by atoms with E-state index in [0.29, 0.717) is 31.1 Å². The normalized spacial score (nSPS) is 12.5. The Morgan fingerprint density at radius 1 is 1.14 bits per heavy atom. The number of amides is 1. The first kappa shape index (κ1) is 23.8. The molecule has 28 heavy (non-hydrogen) atoms. The van der Waals surface area contributed by atoms with Gasteiger partial charge in [0.1, 0.15) is 6.04 Å². The highest BCUT2D eigenvalue weighted by Crippen LogP contribution is 2.28. The minimum Gasteiger partial charge on any atom is -0.490 e. The third-order valence-corrected chi connectivity index (χ3v) is 3.74. The van der Waals surface area contributed by atoms with Crippen LogP contribution in [0, 0.1) is 5.92 Å². The molecule has 0 fully saturated rings. The molecule has 0 aliphatic rings. The van der Waals surface area contributed by atoms with Crippen molar-refractivity contribution in [2.45, 2.75) is 66.1 Å². The second-order valence-electron chi connectivity index (χ2n) is 8.20. The van der Waals surface area contributed by atoms with Crippen molar-refractivity contribution >= 4 is 11.9 Å². The van der Waals surface area contributed by atoms with Crippen LogP contribution in [0.5, 0.6) is 11.5 Å². The number of benzene rings is 1. The van der Waals surface area contributed by atoms with Crippen molar-refractivity contribution in [2.24, 2.45) is 5.92 Å². The van der Waals surface area contributed by atoms with Gasteiger partial charge >= 0.3 is 5.97 Å². The average Bonchev–Trinajstić information content (AvgIpc) is 2.56. The molecule has 3 N–H and O–H groups in total. The average molecular weight is 395 g/mol. The van der Waals surface area contributed by atoms with Crippen molar-refractivity contribution in [1.82, 2.24) is 10.6 Å². The van der Waals surface area contributed by atoms with Crippen LogP contribution in [0.3, 0.4) is 0 Å². The molecule has 0 aliphatic heterocycles. The SMILES string of the molecule is CCOc1cc(CNC(CC(C)C)C(=O)O)ccc1OCC(=O)NC(C)(C)C. The predicted molar refractivity (Wildman–Crippen MR) is 109 cm³/mol. The molecule has 0 aromatic heterocycles. The Kier molecular flexibility index (Phi) is 9.25. The Bertz CT molecular complexity index is 653. The molecule has 0 aliphatic carbocycles. The zero-order chi connectivity index (χ0) is 21.3. The molecule has 1 aromatic carbocycles. The van der Waals surface area contributed by atoms with Crippen LogP contribution in [0.4, 0.5) is 0 Å². The lowest BCUT2D eigenvalue weighted by Gasteiger charge is -2.21. The van der Waals surface area contributed by atoms with Crippen LogP contribution >= 0.6 is 0 Å². The fourth-order valence-electron chi connectivity index (χ4n) is 2.63. The van der Waals surface area contributed by atoms with E-state index >= 15 is 0 Å². The van der Waals surface area contributed by atoms with Crippen LogP contribution in [0.15, 0.2) is 18.2 Å². The van der Waals surface area contributed by atoms with Gasteiger partial charge < -0.3 is 25.2 Å². The second-order valence-corrected chi connectivity index (χ2v) is 8.20. The summed E-state index contributed by atoms with van der Waals surface area (Å²) in [6, 6.07) is 4.78. The first-order chi connectivity index (χ1) is 13.0. The zero-order valence-electron chi connectivity index (χ0n) is 17.8. The molecule has 0 saturated heterocycles. The number of carbonyl (C=O) groups excluding carboxylic acids is 1. The fraction of sp³-hybridized carbons (Fsp3) is 0.619. The summed E-state index contributed by atoms with van der Waals surface area (Å²) in [4.78, 5) is 23.3. The maximum absolute atomic E-state index is 12.0. The van der Waals surface area contributed by atoms with E-state index in [-0.39, 0.29) is 24.0 Å². The molecule has 158 valence electrons. The molecule has 1 amide bonds. The van der Waals surface area contributed by atoms with Crippen LogP contribution < -0.4 is 20.1 Å². The number of ether oxygens (including phenoxy) is 2. The van der Waals surface area contributed by atoms with Crippen LogP contribution in [0.25, 0.3) is 0 Å². The molecule has 7 heteroatoms. The third-order valence-electron chi connectivity index (χ3n) is 3.74. The maximum Gasteiger partial charge on any atom is 0.320 e. The lowest BCUT2D eigenvalue weighted by atomic mass is 10.0. The van der Waals surface area contributed by atoms with Crippen molar-refractivity contribution in [2.75, 3.05) is 13.2 Å². The van der Waals surface area contributed by atoms with E-state index < -0.39 is 12.0 Å². The van der Waals surface area contributed by atoms with Gasteiger partial charge in [0.25, 0.3) is 5.91 Å². The summed E-state index contributed by atoms with van der Waals surface area (Å²) < 4.78 is 11.2. The lowest BCUT2D eigenvalue weighted by molar-refractivity contribution is -0.140. The van der Waals surface area contributed by atoms with Crippen molar-refractivity contribution in [3.8, 4) is 11.5 Å². The molecule has 0 heterocycles. The molecular weight excluding hydrogens is 360 g/mol. The van der Waals surface area contributed by atoms with Crippen molar-refractivity contribution in [3.63, 3.8) is 0 Å². The molecule has 0 bridgehead atoms. The number of carbonyl (C=O) groups is 2. The zero-order valence-corrected chi connectivity index (χ0v) is 17.8. The second kappa shape index (κ2) is 10.9. The highest BCUT2D eigenvalue weighted by molar-refractivity contribution is 5.78. The summed E-state index contributed by atoms with van der Waals surface area (Å²) in [6.45, 7) is 12.3. The maximum atomic E-state index is 12.0. The molecule has 1 rings (SSSR count). The highest BCUT2D eigenvalue weighted by Gasteiger charge is 2.19. The van der Waals surface area contributed by atoms with E-state index in [1.807, 2.05) is 53.7 Å². The third kappa shape index (κ3) is 9.08. The van der Waals surface area contributed by atoms with Gasteiger partial charge in [-0.3, -0.25) is 9.59 Å². The van der Waals surface area contributed by atoms with Gasteiger partial charge in [-0.25, -0.2) is 0 Å². The molecule has 1 unspecified atom stereocenters. The summed E-state index contributed by atoms with van der Waals surface area (Å²) in [5.74, 6) is 0.220. The first-order valence-corrected chi connectivity index (χ1v) is 9.67. The quantitative estimate of drug-likeness (QED) is 0.534. The standard InChI is InChI=1S/C21H34N2O5/c1-7-27-18-11-15(12-22-16(20(25)26)10-14(2)3)8-9-17(18)28-13-19(24)23-21(4,5)6/h8-9,11,14,16,22H,7,10,12-13H2,1-6H3,(H,23,24)(H,25,26). The van der Waals surface area contributed by atoms with Gasteiger partial charge in [0, 0.05) is 12.1 Å². The number of nitrogens with one attached hydrogen (secondary N) is 2. The molecule has 0 saturated carbocycles. The number of carboxylic acids is 1. The molecule has 7 nitrogen and oxygen atoms in total. The van der Waals surface area contributed by atoms with E-state index in [1.54, 1.807) is 6.07 Å². The summed E-state index contributed by atoms with van der Waals surface area (Å²) >= 11 is 0. The van der Waals surface area contributed by atoms with Gasteiger partial charge in [-0.05, 0) is 57.7 Å². The minimum absolute atomic E-state index is 0.107. The fourth-order valence-corrected chi connectivity index (χ4v) is 2.63. The highest BCUT2D eigenvalue weighted by atomic mass is 16.5. The number of hydrogen-bond donors (Lipinski definition) is 3. The molecule has 1 aromatic rings. The van der Waals surface area contributed by atoms with Gasteiger partial charge in [0.15, 0.2) is 18.1 Å². The van der Waals surface area contributed by atoms with Gasteiger partial charge in [-0.1, -0.05) is 19.9 Å². The molecule has 1 atom stereocenters. The Morgan fingerprint density at radius 3 is 2.36 bits per heavy atom. The molecule has 0 spiro atoms. The van der Waals surface area contributed by atoms with E-state index in [4.69, 9.17) is 9.47 Å². The van der Waals surface area contributed by atoms with Crippen LogP contribution in [-0.4, -0.2) is 41.8 Å². The minimum atomic E-state index is -0.858. The monoisotopic (exact) mass is 394 g/mol. The predicted octanol–water partition coefficient (Wildman–Crippen LogP) is 2.97. The summed E-state index contributed by atoms with van der Waals surface area (Å²) in [5.41, 5.74) is 0.556. The summed E-state index contributed by atoms with van der Waals surface area (Å²) in [7, 11) is 0. The van der Waals surface area contributed by atoms with Crippen molar-refractivity contribution in [1.29, 1.82) is 0 Å². The Balaban J connectivity index is 2.77. The summed E-state index contributed by atoms with van der Waals surface area (Å²) in [5, 5.41) is 15.3. The largest absolute Gasteiger partial charge is 0.490 e. The number of aliphatic carboxylic acids is 1. The van der Waals surface area contributed by atoms with Gasteiger partial charge in [-0.2, -0.15) is 0 Å². The number of carboxylic acid groups (broad SMARTS) is 1. The van der Waals surface area contributed by atoms with Crippen LogP contribution in [0.1, 0.15) is 53.5 Å². The Labute approximate surface area is 167 Å². The summed E-state index contributed by atoms with van der Waals surface area (Å²) in [6.07, 6.45) is 0.553. The molecular formula is C21H34N2O5. The smallest absolute Gasteiger partial charge is 0.320 e. The van der Waals surface area contributed by atoms with Crippen LogP contribution in [0.2, 0.25) is 0 Å². The number of rotatable bonds is 11. The van der Waals surface area contributed by atoms with Crippen molar-refractivity contribution < 1.29 is 24.2 Å². The van der Waals surface area contributed by atoms with Gasteiger partial charge in [0.05, 0.1) is 6.61 Å². The number of hydrogen-bond acceptors (Lipinski definition) is 5. The molecule has 0 radical (unpaired) electrons. The van der Waals surface area contributed by atoms with Crippen molar-refractivity contribution in [3.05, 3.63) is 23.8 Å². The lowest BCUT2D eigenvalue weighted by Crippen LogP contribution is -2.43. The van der Waals surface area contributed by atoms with E-state index in [2.05, 4.69) is 10.6 Å². The van der Waals surface area contributed by atoms with E-state index in [1.165, 1.54) is 0 Å². The first-order valence-electron chi connectivity index (χ1n) is 9.67. The Hall–Kier alpha value is -2.28. The van der Waals surface area contributed by atoms with Crippen LogP contribution in [-0.2, 0) is 16.1 Å². The Morgan fingerprint density at radius 2 is 1.82 bits per heavy atom. The van der Waals surface area contributed by atoms with E-state index in [0.717, 1.165) is 5.56 Å². The van der Waals surface area contributed by atoms with Gasteiger partial charge in [-0.15, -0.1) is 0 Å². The topological polar surface area (TPSA) is 96.9 Å².